The van der Waals surface area contributed by atoms with E-state index in [4.69, 9.17) is 9.84 Å². The number of rotatable bonds is 5. The highest BCUT2D eigenvalue weighted by molar-refractivity contribution is 5.88. The van der Waals surface area contributed by atoms with Crippen LogP contribution in [0.3, 0.4) is 0 Å². The molecule has 1 aromatic rings. The lowest BCUT2D eigenvalue weighted by Crippen LogP contribution is -2.39. The largest absolute Gasteiger partial charge is 0.478 e. The van der Waals surface area contributed by atoms with Crippen molar-refractivity contribution >= 4 is 11.7 Å². The number of hydrogen-bond donors (Lipinski definition) is 2. The first-order chi connectivity index (χ1) is 9.58. The number of morpholine rings is 1. The molecule has 110 valence electrons. The summed E-state index contributed by atoms with van der Waals surface area (Å²) in [5.74, 6) is -3.16. The fraction of sp³-hybridized carbons (Fsp3) is 0.462. The Hall–Kier alpha value is -1.73. The van der Waals surface area contributed by atoms with Crippen LogP contribution >= 0.6 is 0 Å². The number of hydrogen-bond acceptors (Lipinski definition) is 4. The van der Waals surface area contributed by atoms with Crippen LogP contribution in [0.5, 0.6) is 0 Å². The third-order valence-electron chi connectivity index (χ3n) is 3.12. The number of nitrogens with one attached hydrogen (secondary N) is 1. The maximum Gasteiger partial charge on any atom is 0.335 e. The first-order valence-corrected chi connectivity index (χ1v) is 6.34. The van der Waals surface area contributed by atoms with Gasteiger partial charge in [-0.1, -0.05) is 0 Å². The van der Waals surface area contributed by atoms with Gasteiger partial charge in [-0.2, -0.15) is 0 Å². The zero-order valence-electron chi connectivity index (χ0n) is 10.9. The molecule has 0 spiro atoms. The quantitative estimate of drug-likeness (QED) is 0.857. The van der Waals surface area contributed by atoms with E-state index >= 15 is 0 Å². The van der Waals surface area contributed by atoms with E-state index < -0.39 is 23.2 Å². The predicted octanol–water partition coefficient (Wildman–Crippen LogP) is 1.41. The normalized spacial score (nSPS) is 16.1. The van der Waals surface area contributed by atoms with E-state index in [-0.39, 0.29) is 5.69 Å². The molecule has 1 aliphatic rings. The van der Waals surface area contributed by atoms with E-state index in [9.17, 15) is 13.6 Å². The van der Waals surface area contributed by atoms with Gasteiger partial charge in [0.15, 0.2) is 0 Å². The van der Waals surface area contributed by atoms with Crippen LogP contribution in [0.25, 0.3) is 0 Å². The van der Waals surface area contributed by atoms with Crippen LogP contribution in [0, 0.1) is 11.6 Å². The molecule has 1 saturated heterocycles. The Morgan fingerprint density at radius 1 is 1.30 bits per heavy atom. The molecular formula is C13H16F2N2O3. The van der Waals surface area contributed by atoms with Crippen molar-refractivity contribution in [3.63, 3.8) is 0 Å². The molecule has 0 unspecified atom stereocenters. The monoisotopic (exact) mass is 286 g/mol. The summed E-state index contributed by atoms with van der Waals surface area (Å²) < 4.78 is 32.5. The number of carboxylic acid groups (broad SMARTS) is 1. The van der Waals surface area contributed by atoms with Gasteiger partial charge in [-0.3, -0.25) is 4.90 Å². The molecule has 0 radical (unpaired) electrons. The number of carbonyl (C=O) groups is 1. The lowest BCUT2D eigenvalue weighted by molar-refractivity contribution is 0.0398. The Bertz CT molecular complexity index is 467. The minimum absolute atomic E-state index is 0.289. The molecule has 0 atom stereocenters. The van der Waals surface area contributed by atoms with E-state index in [0.29, 0.717) is 26.3 Å². The Morgan fingerprint density at radius 2 is 1.90 bits per heavy atom. The number of carboxylic acids is 1. The van der Waals surface area contributed by atoms with Gasteiger partial charge in [-0.15, -0.1) is 0 Å². The van der Waals surface area contributed by atoms with E-state index in [2.05, 4.69) is 10.2 Å². The maximum atomic E-state index is 13.6. The van der Waals surface area contributed by atoms with E-state index in [1.165, 1.54) is 0 Å². The summed E-state index contributed by atoms with van der Waals surface area (Å²) in [5, 5.41) is 11.4. The summed E-state index contributed by atoms with van der Waals surface area (Å²) in [7, 11) is 0. The molecule has 0 bridgehead atoms. The molecule has 20 heavy (non-hydrogen) atoms. The molecule has 0 aromatic heterocycles. The number of ether oxygens (including phenoxy) is 1. The molecule has 1 aliphatic heterocycles. The minimum atomic E-state index is -1.36. The molecule has 7 heteroatoms. The standard InChI is InChI=1S/C13H16F2N2O3/c14-10-7-9(13(18)19)8-11(15)12(10)16-1-2-17-3-5-20-6-4-17/h7-8,16H,1-6H2,(H,18,19). The van der Waals surface area contributed by atoms with Crippen molar-refractivity contribution in [2.75, 3.05) is 44.7 Å². The number of anilines is 1. The van der Waals surface area contributed by atoms with Crippen molar-refractivity contribution in [1.82, 2.24) is 4.90 Å². The smallest absolute Gasteiger partial charge is 0.335 e. The van der Waals surface area contributed by atoms with Gasteiger partial charge in [0.1, 0.15) is 17.3 Å². The lowest BCUT2D eigenvalue weighted by Gasteiger charge is -2.26. The van der Waals surface area contributed by atoms with Crippen LogP contribution in [0.4, 0.5) is 14.5 Å². The Morgan fingerprint density at radius 3 is 2.45 bits per heavy atom. The number of aromatic carboxylic acids is 1. The van der Waals surface area contributed by atoms with Crippen LogP contribution in [0.15, 0.2) is 12.1 Å². The zero-order chi connectivity index (χ0) is 14.5. The molecule has 0 aliphatic carbocycles. The van der Waals surface area contributed by atoms with Crippen molar-refractivity contribution < 1.29 is 23.4 Å². The molecule has 5 nitrogen and oxygen atoms in total. The van der Waals surface area contributed by atoms with E-state index in [0.717, 1.165) is 25.2 Å². The zero-order valence-corrected chi connectivity index (χ0v) is 10.9. The van der Waals surface area contributed by atoms with Gasteiger partial charge in [0.25, 0.3) is 0 Å². The third kappa shape index (κ3) is 3.64. The molecular weight excluding hydrogens is 270 g/mol. The van der Waals surface area contributed by atoms with Gasteiger partial charge < -0.3 is 15.2 Å². The minimum Gasteiger partial charge on any atom is -0.478 e. The first kappa shape index (κ1) is 14.7. The van der Waals surface area contributed by atoms with Gasteiger partial charge in [0.2, 0.25) is 0 Å². The molecule has 1 fully saturated rings. The van der Waals surface area contributed by atoms with Gasteiger partial charge in [0.05, 0.1) is 18.8 Å². The van der Waals surface area contributed by atoms with Crippen LogP contribution in [0.1, 0.15) is 10.4 Å². The number of benzene rings is 1. The summed E-state index contributed by atoms with van der Waals surface area (Å²) >= 11 is 0. The summed E-state index contributed by atoms with van der Waals surface area (Å²) in [5.41, 5.74) is -0.693. The first-order valence-electron chi connectivity index (χ1n) is 6.34. The average molecular weight is 286 g/mol. The van der Waals surface area contributed by atoms with Crippen molar-refractivity contribution in [2.45, 2.75) is 0 Å². The van der Waals surface area contributed by atoms with Gasteiger partial charge >= 0.3 is 5.97 Å². The van der Waals surface area contributed by atoms with Gasteiger partial charge in [0, 0.05) is 26.2 Å². The molecule has 0 saturated carbocycles. The second-order valence-electron chi connectivity index (χ2n) is 4.50. The van der Waals surface area contributed by atoms with Crippen molar-refractivity contribution in [3.8, 4) is 0 Å². The summed E-state index contributed by atoms with van der Waals surface area (Å²) in [4.78, 5) is 12.8. The molecule has 2 N–H and O–H groups in total. The van der Waals surface area contributed by atoms with Crippen LogP contribution < -0.4 is 5.32 Å². The SMILES string of the molecule is O=C(O)c1cc(F)c(NCCN2CCOCC2)c(F)c1. The maximum absolute atomic E-state index is 13.6. The highest BCUT2D eigenvalue weighted by atomic mass is 19.1. The van der Waals surface area contributed by atoms with Crippen molar-refractivity contribution in [3.05, 3.63) is 29.3 Å². The fourth-order valence-electron chi connectivity index (χ4n) is 2.03. The van der Waals surface area contributed by atoms with Crippen LogP contribution in [-0.2, 0) is 4.74 Å². The van der Waals surface area contributed by atoms with Gasteiger partial charge in [-0.25, -0.2) is 13.6 Å². The second-order valence-corrected chi connectivity index (χ2v) is 4.50. The van der Waals surface area contributed by atoms with Crippen molar-refractivity contribution in [2.24, 2.45) is 0 Å². The number of nitrogens with zero attached hydrogens (tertiary/aromatic N) is 1. The molecule has 1 aromatic carbocycles. The molecule has 2 rings (SSSR count). The van der Waals surface area contributed by atoms with E-state index in [1.807, 2.05) is 0 Å². The number of halogens is 2. The highest BCUT2D eigenvalue weighted by Crippen LogP contribution is 2.20. The molecule has 0 amide bonds. The third-order valence-corrected chi connectivity index (χ3v) is 3.12. The van der Waals surface area contributed by atoms with Crippen molar-refractivity contribution in [1.29, 1.82) is 0 Å². The van der Waals surface area contributed by atoms with E-state index in [1.54, 1.807) is 0 Å². The average Bonchev–Trinajstić information content (AvgIpc) is 2.42. The predicted molar refractivity (Wildman–Crippen MR) is 69.1 cm³/mol. The fourth-order valence-corrected chi connectivity index (χ4v) is 2.03. The Balaban J connectivity index is 1.93. The Labute approximate surface area is 115 Å². The van der Waals surface area contributed by atoms with Crippen LogP contribution in [-0.4, -0.2) is 55.4 Å². The second kappa shape index (κ2) is 6.62. The van der Waals surface area contributed by atoms with Crippen LogP contribution in [0.2, 0.25) is 0 Å². The topological polar surface area (TPSA) is 61.8 Å². The van der Waals surface area contributed by atoms with Gasteiger partial charge in [-0.05, 0) is 12.1 Å². The summed E-state index contributed by atoms with van der Waals surface area (Å²) in [6, 6.07) is 1.62. The summed E-state index contributed by atoms with van der Waals surface area (Å²) in [6.45, 7) is 3.93. The highest BCUT2D eigenvalue weighted by Gasteiger charge is 2.15. The lowest BCUT2D eigenvalue weighted by atomic mass is 10.2. The summed E-state index contributed by atoms with van der Waals surface area (Å²) in [6.07, 6.45) is 0. The Kier molecular flexibility index (Phi) is 4.86. The molecule has 1 heterocycles.